The summed E-state index contributed by atoms with van der Waals surface area (Å²) >= 11 is 0. The van der Waals surface area contributed by atoms with Gasteiger partial charge in [0, 0.05) is 69.8 Å². The molecule has 0 aromatic heterocycles. The Morgan fingerprint density at radius 3 is 1.55 bits per heavy atom. The summed E-state index contributed by atoms with van der Waals surface area (Å²) in [5.41, 5.74) is 15.6. The van der Waals surface area contributed by atoms with Gasteiger partial charge in [-0.05, 0) is 232 Å². The average molecular weight is 955 g/mol. The van der Waals surface area contributed by atoms with Crippen molar-refractivity contribution in [2.75, 3.05) is 10.6 Å². The number of rotatable bonds is 7. The number of fused-ring (bicyclic) bond motifs is 8. The average Bonchev–Trinajstić information content (AvgIpc) is 3.74. The highest BCUT2D eigenvalue weighted by molar-refractivity contribution is 5.93. The van der Waals surface area contributed by atoms with Gasteiger partial charge in [0.2, 0.25) is 0 Å². The van der Waals surface area contributed by atoms with Crippen molar-refractivity contribution in [3.8, 4) is 23.7 Å². The van der Waals surface area contributed by atoms with Crippen LogP contribution in [-0.2, 0) is 9.59 Å². The molecule has 0 amide bonds. The zero-order chi connectivity index (χ0) is 50.6. The van der Waals surface area contributed by atoms with Gasteiger partial charge in [-0.25, -0.2) is 0 Å². The third-order valence-electron chi connectivity index (χ3n) is 19.8. The van der Waals surface area contributed by atoms with Crippen LogP contribution in [0.3, 0.4) is 0 Å². The minimum Gasteiger partial charge on any atom is -0.399 e. The summed E-state index contributed by atoms with van der Waals surface area (Å²) in [6.45, 7) is 22.4. The van der Waals surface area contributed by atoms with Gasteiger partial charge >= 0.3 is 0 Å². The van der Waals surface area contributed by atoms with Crippen molar-refractivity contribution in [1.82, 2.24) is 0 Å². The number of nitrogens with zero attached hydrogens (tertiary/aromatic N) is 1. The molecule has 4 fully saturated rings. The normalized spacial score (nSPS) is 34.8. The lowest BCUT2D eigenvalue weighted by atomic mass is 9.51. The highest BCUT2D eigenvalue weighted by atomic mass is 16.3. The Hall–Kier alpha value is -4.62. The van der Waals surface area contributed by atoms with Crippen LogP contribution in [-0.4, -0.2) is 45.1 Å². The third-order valence-corrected chi connectivity index (χ3v) is 19.8. The van der Waals surface area contributed by atoms with Crippen LogP contribution in [0.5, 0.6) is 0 Å². The molecule has 0 spiro atoms. The number of hydrogen-bond acceptors (Lipinski definition) is 6. The molecule has 4 saturated carbocycles. The van der Waals surface area contributed by atoms with Gasteiger partial charge < -0.3 is 20.8 Å². The molecular formula is C65H82N2O4. The van der Waals surface area contributed by atoms with Crippen LogP contribution in [0.4, 0.5) is 11.4 Å². The van der Waals surface area contributed by atoms with Crippen LogP contribution >= 0.6 is 0 Å². The van der Waals surface area contributed by atoms with Crippen molar-refractivity contribution in [3.63, 3.8) is 0 Å². The fourth-order valence-electron chi connectivity index (χ4n) is 16.5. The molecule has 0 radical (unpaired) electrons. The van der Waals surface area contributed by atoms with Crippen LogP contribution in [0.15, 0.2) is 94.1 Å². The van der Waals surface area contributed by atoms with E-state index in [4.69, 9.17) is 5.73 Å². The summed E-state index contributed by atoms with van der Waals surface area (Å²) in [5, 5.41) is 25.6. The molecular weight excluding hydrogens is 873 g/mol. The van der Waals surface area contributed by atoms with Crippen LogP contribution in [0.2, 0.25) is 0 Å². The van der Waals surface area contributed by atoms with Gasteiger partial charge in [0.25, 0.3) is 0 Å². The van der Waals surface area contributed by atoms with Crippen LogP contribution in [0.25, 0.3) is 0 Å². The Kier molecular flexibility index (Phi) is 12.5. The van der Waals surface area contributed by atoms with Crippen LogP contribution in [0, 0.1) is 69.0 Å². The number of benzene rings is 2. The molecule has 8 aliphatic carbocycles. The van der Waals surface area contributed by atoms with Gasteiger partial charge in [-0.1, -0.05) is 72.9 Å². The van der Waals surface area contributed by atoms with Crippen molar-refractivity contribution in [3.05, 3.63) is 105 Å². The second-order valence-electron chi connectivity index (χ2n) is 26.2. The summed E-state index contributed by atoms with van der Waals surface area (Å²) in [6.07, 6.45) is 16.4. The van der Waals surface area contributed by atoms with Gasteiger partial charge in [-0.3, -0.25) is 9.59 Å². The molecule has 2 aromatic rings. The molecule has 0 aliphatic heterocycles. The molecule has 4 N–H and O–H groups in total. The Balaban J connectivity index is 0.920. The second-order valence-corrected chi connectivity index (χ2v) is 26.2. The molecule has 8 aliphatic rings. The standard InChI is InChI=1S/C65H82N2O4/c1-40(2)67(47-19-13-43(14-20-47)55-39-62(9)56(27-29-64(62,70)33-31-60(4,5)6)52-23-15-45-36-49(69)22-26-51(45)59(52)55)41(3)37-61(7,8)32-34-65(71)30-28-57-53-24-16-44-35-48(68)21-25-50(44)58(53)54(38-63(57,65)10)42-11-17-46(66)18-12-42/h11-14,17-20,35-36,40-41,52-57,70-71H,15-16,21-30,37-39,66H2,1-10H3/t41?,52-,53-,54+,55+,56-,57-,62-,63-,64+,65+/m0/s1. The SMILES string of the molecule is CC(C)N(c1ccc([C@H]2C[C@@]3(C)[C@@H](CC[C@@]3(O)C#CC(C)(C)C)[C@@H]3CCC4=CC(=O)CCC4=C32)cc1)C(C)CC(C)(C)C#C[C@]1(O)CC[C@H]2[C@@H]3CCC4=CC(=O)CCC4=C3[C@@H](c3ccc(N)cc3)C[C@@]21C. The molecule has 11 atom stereocenters. The predicted molar refractivity (Wildman–Crippen MR) is 288 cm³/mol. The number of nitrogens with two attached hydrogens (primary N) is 1. The van der Waals surface area contributed by atoms with Crippen molar-refractivity contribution in [1.29, 1.82) is 0 Å². The fourth-order valence-corrected chi connectivity index (χ4v) is 16.5. The first kappa shape index (κ1) is 49.9. The van der Waals surface area contributed by atoms with Crippen molar-refractivity contribution >= 4 is 22.9 Å². The lowest BCUT2D eigenvalue weighted by Gasteiger charge is -2.53. The van der Waals surface area contributed by atoms with E-state index in [-0.39, 0.29) is 51.7 Å². The molecule has 10 rings (SSSR count). The van der Waals surface area contributed by atoms with E-state index in [0.717, 1.165) is 76.3 Å². The number of anilines is 2. The molecule has 6 nitrogen and oxygen atoms in total. The van der Waals surface area contributed by atoms with Crippen LogP contribution < -0.4 is 10.6 Å². The van der Waals surface area contributed by atoms with Gasteiger partial charge in [0.05, 0.1) is 0 Å². The monoisotopic (exact) mass is 955 g/mol. The number of aliphatic hydroxyl groups is 2. The number of carbonyl (C=O) groups excluding carboxylic acids is 2. The largest absolute Gasteiger partial charge is 0.399 e. The quantitative estimate of drug-likeness (QED) is 0.189. The van der Waals surface area contributed by atoms with E-state index in [1.165, 1.54) is 50.3 Å². The molecule has 1 unspecified atom stereocenters. The smallest absolute Gasteiger partial charge is 0.156 e. The van der Waals surface area contributed by atoms with Gasteiger partial charge in [-0.15, -0.1) is 0 Å². The Morgan fingerprint density at radius 2 is 1.10 bits per heavy atom. The van der Waals surface area contributed by atoms with Crippen molar-refractivity contribution < 1.29 is 19.8 Å². The Morgan fingerprint density at radius 1 is 0.648 bits per heavy atom. The lowest BCUT2D eigenvalue weighted by molar-refractivity contribution is -0.115. The maximum atomic E-state index is 13.0. The summed E-state index contributed by atoms with van der Waals surface area (Å²) in [7, 11) is 0. The number of carbonyl (C=O) groups is 2. The van der Waals surface area contributed by atoms with E-state index < -0.39 is 16.6 Å². The van der Waals surface area contributed by atoms with Gasteiger partial charge in [-0.2, -0.15) is 0 Å². The minimum atomic E-state index is -1.12. The van der Waals surface area contributed by atoms with E-state index in [1.54, 1.807) is 0 Å². The summed E-state index contributed by atoms with van der Waals surface area (Å²) in [5.74, 6) is 16.6. The minimum absolute atomic E-state index is 0.143. The maximum Gasteiger partial charge on any atom is 0.156 e. The number of hydrogen-bond donors (Lipinski definition) is 3. The molecule has 6 heteroatoms. The van der Waals surface area contributed by atoms with Crippen molar-refractivity contribution in [2.24, 2.45) is 45.3 Å². The van der Waals surface area contributed by atoms with Gasteiger partial charge in [0.1, 0.15) is 11.2 Å². The predicted octanol–water partition coefficient (Wildman–Crippen LogP) is 13.3. The lowest BCUT2D eigenvalue weighted by Crippen LogP contribution is -2.51. The topological polar surface area (TPSA) is 104 Å². The molecule has 2 aromatic carbocycles. The third kappa shape index (κ3) is 8.64. The summed E-state index contributed by atoms with van der Waals surface area (Å²) < 4.78 is 0. The number of ketones is 2. The highest BCUT2D eigenvalue weighted by Gasteiger charge is 2.64. The molecule has 71 heavy (non-hydrogen) atoms. The van der Waals surface area contributed by atoms with E-state index in [0.29, 0.717) is 49.4 Å². The van der Waals surface area contributed by atoms with E-state index >= 15 is 0 Å². The second kappa shape index (κ2) is 17.8. The van der Waals surface area contributed by atoms with Crippen LogP contribution in [0.1, 0.15) is 189 Å². The first-order valence-electron chi connectivity index (χ1n) is 27.6. The summed E-state index contributed by atoms with van der Waals surface area (Å²) in [4.78, 5) is 27.9. The van der Waals surface area contributed by atoms with Gasteiger partial charge in [0.15, 0.2) is 11.6 Å². The molecule has 0 bridgehead atoms. The molecule has 0 saturated heterocycles. The molecule has 376 valence electrons. The Labute approximate surface area is 426 Å². The fraction of sp³-hybridized carbons (Fsp3) is 0.600. The van der Waals surface area contributed by atoms with E-state index in [2.05, 4.69) is 134 Å². The maximum absolute atomic E-state index is 13.0. The zero-order valence-electron chi connectivity index (χ0n) is 44.7. The van der Waals surface area contributed by atoms with E-state index in [1.807, 2.05) is 24.3 Å². The highest BCUT2D eigenvalue weighted by Crippen LogP contribution is 2.68. The molecule has 0 heterocycles. The first-order valence-corrected chi connectivity index (χ1v) is 27.6. The zero-order valence-corrected chi connectivity index (χ0v) is 44.7. The van der Waals surface area contributed by atoms with Crippen molar-refractivity contribution in [2.45, 2.75) is 201 Å². The van der Waals surface area contributed by atoms with E-state index in [9.17, 15) is 19.8 Å². The summed E-state index contributed by atoms with van der Waals surface area (Å²) in [6, 6.07) is 18.2. The Bertz CT molecular complexity index is 2760. The number of allylic oxidation sites excluding steroid dienone is 8. The number of nitrogen functional groups attached to an aromatic ring is 1. The first-order chi connectivity index (χ1) is 33.4.